The molecule has 0 atom stereocenters. The van der Waals surface area contributed by atoms with Crippen LogP contribution in [0, 0.1) is 0 Å². The fourth-order valence-electron chi connectivity index (χ4n) is 0.791. The highest BCUT2D eigenvalue weighted by atomic mass is 32.2. The van der Waals surface area contributed by atoms with Gasteiger partial charge in [0.15, 0.2) is 0 Å². The lowest BCUT2D eigenvalue weighted by molar-refractivity contribution is 0.0957. The Morgan fingerprint density at radius 2 is 2.50 bits per heavy atom. The normalized spacial score (nSPS) is 9.83. The third-order valence-corrected chi connectivity index (χ3v) is 3.17. The number of rotatable bonds is 3. The first-order chi connectivity index (χ1) is 5.77. The van der Waals surface area contributed by atoms with Crippen molar-refractivity contribution < 1.29 is 4.79 Å². The van der Waals surface area contributed by atoms with Gasteiger partial charge in [0.25, 0.3) is 5.91 Å². The molecule has 1 aromatic heterocycles. The van der Waals surface area contributed by atoms with Crippen molar-refractivity contribution in [3.05, 3.63) is 21.9 Å². The lowest BCUT2D eigenvalue weighted by Gasteiger charge is -1.92. The van der Waals surface area contributed by atoms with Crippen LogP contribution in [0.3, 0.4) is 0 Å². The second kappa shape index (κ2) is 4.49. The summed E-state index contributed by atoms with van der Waals surface area (Å²) in [7, 11) is 0. The SMILES string of the molecule is CSCc1ccc(C(=O)NN)s1. The summed E-state index contributed by atoms with van der Waals surface area (Å²) < 4.78 is 0. The molecule has 1 heterocycles. The predicted octanol–water partition coefficient (Wildman–Crippen LogP) is 1.21. The maximum absolute atomic E-state index is 11.0. The highest BCUT2D eigenvalue weighted by Gasteiger charge is 2.06. The minimum absolute atomic E-state index is 0.215. The van der Waals surface area contributed by atoms with Crippen molar-refractivity contribution in [2.75, 3.05) is 6.26 Å². The van der Waals surface area contributed by atoms with Crippen molar-refractivity contribution >= 4 is 29.0 Å². The largest absolute Gasteiger partial charge is 0.289 e. The number of hydrogen-bond acceptors (Lipinski definition) is 4. The minimum atomic E-state index is -0.215. The van der Waals surface area contributed by atoms with Gasteiger partial charge in [-0.1, -0.05) is 0 Å². The first-order valence-corrected chi connectivity index (χ1v) is 5.57. The molecular weight excluding hydrogens is 192 g/mol. The number of nitrogens with one attached hydrogen (secondary N) is 1. The minimum Gasteiger partial charge on any atom is -0.289 e. The molecule has 66 valence electrons. The van der Waals surface area contributed by atoms with Crippen LogP contribution < -0.4 is 11.3 Å². The number of thioether (sulfide) groups is 1. The van der Waals surface area contributed by atoms with Crippen LogP contribution in [0.5, 0.6) is 0 Å². The van der Waals surface area contributed by atoms with Gasteiger partial charge in [0, 0.05) is 10.6 Å². The van der Waals surface area contributed by atoms with Crippen LogP contribution in [0.25, 0.3) is 0 Å². The van der Waals surface area contributed by atoms with Crippen LogP contribution in [0.4, 0.5) is 0 Å². The van der Waals surface area contributed by atoms with Gasteiger partial charge >= 0.3 is 0 Å². The van der Waals surface area contributed by atoms with E-state index in [2.05, 4.69) is 5.43 Å². The molecule has 0 aromatic carbocycles. The molecule has 0 saturated heterocycles. The molecule has 0 radical (unpaired) electrons. The van der Waals surface area contributed by atoms with Crippen molar-refractivity contribution in [2.45, 2.75) is 5.75 Å². The Kier molecular flexibility index (Phi) is 3.58. The average Bonchev–Trinajstić information content (AvgIpc) is 2.52. The summed E-state index contributed by atoms with van der Waals surface area (Å²) in [5.41, 5.74) is 2.10. The first kappa shape index (κ1) is 9.57. The van der Waals surface area contributed by atoms with E-state index < -0.39 is 0 Å². The molecule has 3 nitrogen and oxygen atoms in total. The molecule has 0 saturated carbocycles. The number of nitrogen functional groups attached to an aromatic ring is 1. The van der Waals surface area contributed by atoms with Crippen LogP contribution in [-0.4, -0.2) is 12.2 Å². The lowest BCUT2D eigenvalue weighted by Crippen LogP contribution is -2.29. The van der Waals surface area contributed by atoms with Gasteiger partial charge in [0.05, 0.1) is 4.88 Å². The van der Waals surface area contributed by atoms with E-state index in [1.807, 2.05) is 12.3 Å². The summed E-state index contributed by atoms with van der Waals surface area (Å²) >= 11 is 3.21. The smallest absolute Gasteiger partial charge is 0.275 e. The Balaban J connectivity index is 2.70. The van der Waals surface area contributed by atoms with Crippen molar-refractivity contribution in [1.29, 1.82) is 0 Å². The fraction of sp³-hybridized carbons (Fsp3) is 0.286. The average molecular weight is 202 g/mol. The maximum atomic E-state index is 11.0. The zero-order chi connectivity index (χ0) is 8.97. The second-order valence-corrected chi connectivity index (χ2v) is 4.21. The van der Waals surface area contributed by atoms with Crippen LogP contribution >= 0.6 is 23.1 Å². The van der Waals surface area contributed by atoms with Crippen molar-refractivity contribution in [3.63, 3.8) is 0 Å². The lowest BCUT2D eigenvalue weighted by atomic mass is 10.4. The zero-order valence-corrected chi connectivity index (χ0v) is 8.30. The third kappa shape index (κ3) is 2.23. The summed E-state index contributed by atoms with van der Waals surface area (Å²) in [5, 5.41) is 0. The predicted molar refractivity (Wildman–Crippen MR) is 53.2 cm³/mol. The van der Waals surface area contributed by atoms with E-state index >= 15 is 0 Å². The molecule has 0 aliphatic carbocycles. The Morgan fingerprint density at radius 1 is 1.75 bits per heavy atom. The van der Waals surface area contributed by atoms with Crippen molar-refractivity contribution in [1.82, 2.24) is 5.43 Å². The summed E-state index contributed by atoms with van der Waals surface area (Å²) in [4.78, 5) is 12.9. The summed E-state index contributed by atoms with van der Waals surface area (Å²) in [6, 6.07) is 3.74. The van der Waals surface area contributed by atoms with E-state index in [0.717, 1.165) is 5.75 Å². The molecule has 0 aliphatic rings. The van der Waals surface area contributed by atoms with Gasteiger partial charge in [-0.3, -0.25) is 10.2 Å². The Bertz CT molecular complexity index is 272. The standard InChI is InChI=1S/C7H10N2OS2/c1-11-4-5-2-3-6(12-5)7(10)9-8/h2-3H,4,8H2,1H3,(H,9,10). The van der Waals surface area contributed by atoms with Gasteiger partial charge in [-0.2, -0.15) is 11.8 Å². The second-order valence-electron chi connectivity index (χ2n) is 2.17. The Morgan fingerprint density at radius 3 is 3.08 bits per heavy atom. The topological polar surface area (TPSA) is 55.1 Å². The van der Waals surface area contributed by atoms with E-state index in [1.165, 1.54) is 16.2 Å². The Hall–Kier alpha value is -0.520. The molecule has 5 heteroatoms. The van der Waals surface area contributed by atoms with Crippen LogP contribution in [0.1, 0.15) is 14.5 Å². The van der Waals surface area contributed by atoms with E-state index in [4.69, 9.17) is 5.84 Å². The van der Waals surface area contributed by atoms with Gasteiger partial charge in [0.2, 0.25) is 0 Å². The van der Waals surface area contributed by atoms with E-state index in [9.17, 15) is 4.79 Å². The quantitative estimate of drug-likeness (QED) is 0.440. The van der Waals surface area contributed by atoms with Crippen molar-refractivity contribution in [2.24, 2.45) is 5.84 Å². The maximum Gasteiger partial charge on any atom is 0.275 e. The molecule has 12 heavy (non-hydrogen) atoms. The van der Waals surface area contributed by atoms with Gasteiger partial charge in [-0.05, 0) is 18.4 Å². The molecule has 3 N–H and O–H groups in total. The molecule has 0 fully saturated rings. The monoisotopic (exact) mass is 202 g/mol. The fourth-order valence-corrected chi connectivity index (χ4v) is 2.47. The van der Waals surface area contributed by atoms with Crippen LogP contribution in [-0.2, 0) is 5.75 Å². The van der Waals surface area contributed by atoms with Crippen LogP contribution in [0.15, 0.2) is 12.1 Å². The highest BCUT2D eigenvalue weighted by molar-refractivity contribution is 7.97. The number of nitrogens with two attached hydrogens (primary N) is 1. The number of amides is 1. The number of carbonyl (C=O) groups is 1. The molecule has 1 rings (SSSR count). The number of thiophene rings is 1. The molecule has 0 bridgehead atoms. The molecule has 0 unspecified atom stereocenters. The number of hydrazine groups is 1. The number of hydrogen-bond donors (Lipinski definition) is 2. The molecule has 1 amide bonds. The Labute approximate surface area is 79.3 Å². The molecule has 0 aliphatic heterocycles. The summed E-state index contributed by atoms with van der Waals surface area (Å²) in [5.74, 6) is 5.72. The van der Waals surface area contributed by atoms with Gasteiger partial charge in [-0.15, -0.1) is 11.3 Å². The third-order valence-electron chi connectivity index (χ3n) is 1.30. The van der Waals surface area contributed by atoms with Gasteiger partial charge in [0.1, 0.15) is 0 Å². The zero-order valence-electron chi connectivity index (χ0n) is 6.66. The van der Waals surface area contributed by atoms with Crippen LogP contribution in [0.2, 0.25) is 0 Å². The first-order valence-electron chi connectivity index (χ1n) is 3.36. The summed E-state index contributed by atoms with van der Waals surface area (Å²) in [6.07, 6.45) is 2.03. The van der Waals surface area contributed by atoms with Gasteiger partial charge < -0.3 is 0 Å². The van der Waals surface area contributed by atoms with E-state index in [0.29, 0.717) is 4.88 Å². The van der Waals surface area contributed by atoms with E-state index in [1.54, 1.807) is 17.8 Å². The van der Waals surface area contributed by atoms with E-state index in [-0.39, 0.29) is 5.91 Å². The van der Waals surface area contributed by atoms with Crippen molar-refractivity contribution in [3.8, 4) is 0 Å². The highest BCUT2D eigenvalue weighted by Crippen LogP contribution is 2.19. The number of carbonyl (C=O) groups excluding carboxylic acids is 1. The molecule has 0 spiro atoms. The van der Waals surface area contributed by atoms with Gasteiger partial charge in [-0.25, -0.2) is 5.84 Å². The summed E-state index contributed by atoms with van der Waals surface area (Å²) in [6.45, 7) is 0. The molecule has 1 aromatic rings. The molecular formula is C7H10N2OS2.